The highest BCUT2D eigenvalue weighted by molar-refractivity contribution is 8.07. The number of para-hydroxylation sites is 1. The number of β-lactam (4-membered cyclic amide) rings is 1. The summed E-state index contributed by atoms with van der Waals surface area (Å²) in [4.78, 5) is 52.5. The number of carbonyl (C=O) groups is 3. The van der Waals surface area contributed by atoms with Crippen LogP contribution < -0.4 is 11.1 Å². The second-order valence-electron chi connectivity index (χ2n) is 7.20. The third-order valence-corrected chi connectivity index (χ3v) is 9.30. The Morgan fingerprint density at radius 3 is 2.83 bits per heavy atom. The Kier molecular flexibility index (Phi) is 6.74. The van der Waals surface area contributed by atoms with Crippen LogP contribution in [0.3, 0.4) is 0 Å². The first kappa shape index (κ1) is 24.4. The molecule has 2 amide bonds. The van der Waals surface area contributed by atoms with Crippen LogP contribution in [-0.4, -0.2) is 67.9 Å². The van der Waals surface area contributed by atoms with Crippen molar-refractivity contribution >= 4 is 85.2 Å². The SMILES string of the molecule is CO/N=C(\C(=O)NC1C(=O)N2C(OC(=O)O)=C(Sc3nc4ccccc4s3)CS[C@@H]12)c1csc(N)n1. The van der Waals surface area contributed by atoms with E-state index < -0.39 is 29.4 Å². The van der Waals surface area contributed by atoms with Gasteiger partial charge < -0.3 is 25.7 Å². The molecule has 2 aliphatic rings. The topological polar surface area (TPSA) is 169 Å². The normalized spacial score (nSPS) is 19.6. The molecular weight excluding hydrogens is 549 g/mol. The molecule has 4 heterocycles. The summed E-state index contributed by atoms with van der Waals surface area (Å²) in [5.41, 5.74) is 6.55. The fraction of sp³-hybridized carbons (Fsp3) is 0.200. The van der Waals surface area contributed by atoms with Gasteiger partial charge >= 0.3 is 6.16 Å². The predicted octanol–water partition coefficient (Wildman–Crippen LogP) is 2.74. The van der Waals surface area contributed by atoms with Gasteiger partial charge in [-0.05, 0) is 12.1 Å². The van der Waals surface area contributed by atoms with Crippen LogP contribution in [-0.2, 0) is 19.2 Å². The molecule has 0 spiro atoms. The van der Waals surface area contributed by atoms with Crippen molar-refractivity contribution in [3.05, 3.63) is 46.1 Å². The number of nitrogens with one attached hydrogen (secondary N) is 1. The number of nitrogens with two attached hydrogens (primary N) is 1. The monoisotopic (exact) mass is 564 g/mol. The van der Waals surface area contributed by atoms with Gasteiger partial charge in [0.2, 0.25) is 5.88 Å². The van der Waals surface area contributed by atoms with Crippen LogP contribution in [0.2, 0.25) is 0 Å². The lowest BCUT2D eigenvalue weighted by Crippen LogP contribution is -2.70. The third-order valence-electron chi connectivity index (χ3n) is 5.00. The molecule has 3 aromatic rings. The van der Waals surface area contributed by atoms with Gasteiger partial charge in [0.1, 0.15) is 24.2 Å². The summed E-state index contributed by atoms with van der Waals surface area (Å²) < 4.78 is 6.71. The Hall–Kier alpha value is -3.34. The molecule has 0 saturated carbocycles. The summed E-state index contributed by atoms with van der Waals surface area (Å²) in [6.07, 6.45) is -1.55. The number of aromatic nitrogens is 2. The van der Waals surface area contributed by atoms with Crippen molar-refractivity contribution in [1.29, 1.82) is 0 Å². The number of ether oxygens (including phenoxy) is 1. The van der Waals surface area contributed by atoms with Crippen LogP contribution in [0.5, 0.6) is 0 Å². The summed E-state index contributed by atoms with van der Waals surface area (Å²) in [6.45, 7) is 0. The molecule has 1 aromatic carbocycles. The van der Waals surface area contributed by atoms with Gasteiger partial charge in [0.25, 0.3) is 11.8 Å². The van der Waals surface area contributed by atoms with Crippen LogP contribution in [0.4, 0.5) is 9.93 Å². The highest BCUT2D eigenvalue weighted by Gasteiger charge is 2.54. The van der Waals surface area contributed by atoms with Crippen molar-refractivity contribution in [3.63, 3.8) is 0 Å². The zero-order chi connectivity index (χ0) is 25.4. The number of fused-ring (bicyclic) bond motifs is 2. The number of hydrogen-bond donors (Lipinski definition) is 3. The van der Waals surface area contributed by atoms with E-state index in [0.29, 0.717) is 15.0 Å². The molecule has 0 radical (unpaired) electrons. The lowest BCUT2D eigenvalue weighted by atomic mass is 10.1. The molecule has 1 fully saturated rings. The molecule has 4 N–H and O–H groups in total. The minimum absolute atomic E-state index is 0.0796. The van der Waals surface area contributed by atoms with Crippen molar-refractivity contribution in [2.75, 3.05) is 18.6 Å². The molecule has 2 aromatic heterocycles. The molecule has 2 aliphatic heterocycles. The van der Waals surface area contributed by atoms with E-state index in [1.807, 2.05) is 24.3 Å². The number of thiazole rings is 2. The van der Waals surface area contributed by atoms with Crippen molar-refractivity contribution < 1.29 is 29.1 Å². The first-order valence-corrected chi connectivity index (χ1v) is 13.7. The van der Waals surface area contributed by atoms with Crippen molar-refractivity contribution in [3.8, 4) is 0 Å². The maximum absolute atomic E-state index is 13.0. The molecule has 2 atom stereocenters. The molecular formula is C20H16N6O6S4. The number of oxime groups is 1. The number of benzene rings is 1. The largest absolute Gasteiger partial charge is 0.512 e. The lowest BCUT2D eigenvalue weighted by Gasteiger charge is -2.48. The minimum Gasteiger partial charge on any atom is -0.449 e. The maximum Gasteiger partial charge on any atom is 0.512 e. The van der Waals surface area contributed by atoms with E-state index in [1.54, 1.807) is 5.38 Å². The number of anilines is 1. The number of rotatable bonds is 7. The van der Waals surface area contributed by atoms with E-state index >= 15 is 0 Å². The fourth-order valence-electron chi connectivity index (χ4n) is 3.50. The Morgan fingerprint density at radius 1 is 1.33 bits per heavy atom. The van der Waals surface area contributed by atoms with E-state index in [4.69, 9.17) is 15.3 Å². The zero-order valence-electron chi connectivity index (χ0n) is 18.2. The maximum atomic E-state index is 13.0. The number of thioether (sulfide) groups is 2. The highest BCUT2D eigenvalue weighted by Crippen LogP contribution is 2.46. The molecule has 36 heavy (non-hydrogen) atoms. The summed E-state index contributed by atoms with van der Waals surface area (Å²) in [5.74, 6) is -0.927. The molecule has 12 nitrogen and oxygen atoms in total. The van der Waals surface area contributed by atoms with Gasteiger partial charge in [0.15, 0.2) is 15.2 Å². The molecule has 0 bridgehead atoms. The number of carbonyl (C=O) groups excluding carboxylic acids is 2. The lowest BCUT2D eigenvalue weighted by molar-refractivity contribution is -0.148. The van der Waals surface area contributed by atoms with Crippen LogP contribution in [0.15, 0.2) is 49.9 Å². The van der Waals surface area contributed by atoms with Gasteiger partial charge in [-0.15, -0.1) is 34.4 Å². The van der Waals surface area contributed by atoms with Crippen LogP contribution >= 0.6 is 46.2 Å². The van der Waals surface area contributed by atoms with Crippen LogP contribution in [0, 0.1) is 0 Å². The van der Waals surface area contributed by atoms with E-state index in [2.05, 4.69) is 20.4 Å². The molecule has 186 valence electrons. The zero-order valence-corrected chi connectivity index (χ0v) is 21.5. The van der Waals surface area contributed by atoms with E-state index in [0.717, 1.165) is 21.6 Å². The Morgan fingerprint density at radius 2 is 2.14 bits per heavy atom. The summed E-state index contributed by atoms with van der Waals surface area (Å²) in [5, 5.41) is 16.9. The van der Waals surface area contributed by atoms with E-state index in [9.17, 15) is 19.5 Å². The minimum atomic E-state index is -1.55. The second-order valence-corrected chi connectivity index (χ2v) is 11.6. The van der Waals surface area contributed by atoms with Gasteiger partial charge in [0.05, 0.1) is 15.1 Å². The summed E-state index contributed by atoms with van der Waals surface area (Å²) in [7, 11) is 1.28. The molecule has 0 aliphatic carbocycles. The van der Waals surface area contributed by atoms with E-state index in [1.165, 1.54) is 46.9 Å². The summed E-state index contributed by atoms with van der Waals surface area (Å²) >= 11 is 5.20. The quantitative estimate of drug-likeness (QED) is 0.167. The first-order chi connectivity index (χ1) is 17.4. The van der Waals surface area contributed by atoms with Gasteiger partial charge in [-0.1, -0.05) is 29.1 Å². The molecule has 1 saturated heterocycles. The smallest absolute Gasteiger partial charge is 0.449 e. The van der Waals surface area contributed by atoms with Gasteiger partial charge in [-0.3, -0.25) is 14.5 Å². The molecule has 16 heteroatoms. The Balaban J connectivity index is 1.36. The number of amides is 2. The second kappa shape index (κ2) is 9.96. The van der Waals surface area contributed by atoms with Crippen molar-refractivity contribution in [2.45, 2.75) is 15.8 Å². The Bertz CT molecular complexity index is 1400. The number of nitrogens with zero attached hydrogens (tertiary/aromatic N) is 4. The van der Waals surface area contributed by atoms with Gasteiger partial charge in [0, 0.05) is 11.1 Å². The van der Waals surface area contributed by atoms with Crippen LogP contribution in [0.1, 0.15) is 5.69 Å². The summed E-state index contributed by atoms with van der Waals surface area (Å²) in [6, 6.07) is 6.70. The molecule has 1 unspecified atom stereocenters. The van der Waals surface area contributed by atoms with Crippen LogP contribution in [0.25, 0.3) is 10.2 Å². The number of hydrogen-bond acceptors (Lipinski definition) is 13. The number of nitrogen functional groups attached to an aromatic ring is 1. The molecule has 5 rings (SSSR count). The van der Waals surface area contributed by atoms with Crippen molar-refractivity contribution in [1.82, 2.24) is 20.2 Å². The van der Waals surface area contributed by atoms with Gasteiger partial charge in [-0.25, -0.2) is 14.8 Å². The highest BCUT2D eigenvalue weighted by atomic mass is 32.2. The predicted molar refractivity (Wildman–Crippen MR) is 137 cm³/mol. The standard InChI is InChI=1S/C20H16N6O6S4/c1-31-25-12(9-6-34-18(21)22-9)14(27)24-13-15(28)26-16(32-20(29)30)11(7-33-17(13)26)36-19-23-8-4-2-3-5-10(8)35-19/h2-6,13,17H,7H2,1H3,(H2,21,22)(H,24,27)(H,29,30)/b25-12-/t13?,17-/m0/s1. The Labute approximate surface area is 219 Å². The fourth-order valence-corrected chi connectivity index (χ4v) is 7.68. The number of carboxylic acid groups (broad SMARTS) is 1. The average Bonchev–Trinajstić information content (AvgIpc) is 3.46. The van der Waals surface area contributed by atoms with E-state index in [-0.39, 0.29) is 22.4 Å². The third kappa shape index (κ3) is 4.59. The van der Waals surface area contributed by atoms with Gasteiger partial charge in [-0.2, -0.15) is 0 Å². The van der Waals surface area contributed by atoms with Crippen molar-refractivity contribution in [2.24, 2.45) is 5.16 Å². The first-order valence-electron chi connectivity index (χ1n) is 10.1. The average molecular weight is 565 g/mol.